The summed E-state index contributed by atoms with van der Waals surface area (Å²) in [5.41, 5.74) is 4.03. The van der Waals surface area contributed by atoms with E-state index in [4.69, 9.17) is 10.3 Å². The third kappa shape index (κ3) is 2.16. The van der Waals surface area contributed by atoms with Gasteiger partial charge in [0.15, 0.2) is 11.6 Å². The van der Waals surface area contributed by atoms with Crippen molar-refractivity contribution in [1.29, 1.82) is 0 Å². The second-order valence-corrected chi connectivity index (χ2v) is 3.82. The van der Waals surface area contributed by atoms with Crippen molar-refractivity contribution in [2.24, 2.45) is 5.84 Å². The molecule has 19 heavy (non-hydrogen) atoms. The molecule has 0 radical (unpaired) electrons. The van der Waals surface area contributed by atoms with Crippen molar-refractivity contribution in [3.8, 4) is 22.8 Å². The molecule has 0 aliphatic rings. The van der Waals surface area contributed by atoms with Crippen molar-refractivity contribution in [2.45, 2.75) is 0 Å². The summed E-state index contributed by atoms with van der Waals surface area (Å²) in [7, 11) is 0. The largest absolute Gasteiger partial charge is 0.461 e. The predicted molar refractivity (Wildman–Crippen MR) is 70.8 cm³/mol. The highest BCUT2D eigenvalue weighted by atomic mass is 16.3. The number of hydrazine groups is 1. The van der Waals surface area contributed by atoms with Gasteiger partial charge in [0.2, 0.25) is 5.82 Å². The molecule has 0 aliphatic carbocycles. The molecular weight excluding hydrogens is 242 g/mol. The highest BCUT2D eigenvalue weighted by Crippen LogP contribution is 2.24. The number of benzene rings is 1. The monoisotopic (exact) mass is 253 g/mol. The van der Waals surface area contributed by atoms with Gasteiger partial charge >= 0.3 is 0 Å². The quantitative estimate of drug-likeness (QED) is 0.548. The Hall–Kier alpha value is -2.73. The Morgan fingerprint density at radius 3 is 2.53 bits per heavy atom. The van der Waals surface area contributed by atoms with Crippen LogP contribution in [0.3, 0.4) is 0 Å². The van der Waals surface area contributed by atoms with Crippen molar-refractivity contribution < 1.29 is 4.42 Å². The van der Waals surface area contributed by atoms with E-state index in [0.29, 0.717) is 23.1 Å². The maximum atomic E-state index is 5.50. The molecule has 6 nitrogen and oxygen atoms in total. The fraction of sp³-hybridized carbons (Fsp3) is 0. The van der Waals surface area contributed by atoms with Crippen molar-refractivity contribution in [3.05, 3.63) is 48.7 Å². The molecule has 0 atom stereocenters. The number of rotatable bonds is 3. The predicted octanol–water partition coefficient (Wildman–Crippen LogP) is 2.08. The molecule has 0 fully saturated rings. The SMILES string of the molecule is NNc1nc(-c2ccco2)nnc1-c1ccccc1. The van der Waals surface area contributed by atoms with E-state index in [2.05, 4.69) is 20.6 Å². The number of nitrogen functional groups attached to an aromatic ring is 1. The van der Waals surface area contributed by atoms with E-state index in [1.54, 1.807) is 18.4 Å². The van der Waals surface area contributed by atoms with E-state index < -0.39 is 0 Å². The number of hydrogen-bond acceptors (Lipinski definition) is 6. The molecule has 3 aromatic rings. The summed E-state index contributed by atoms with van der Waals surface area (Å²) in [6.45, 7) is 0. The van der Waals surface area contributed by atoms with Crippen molar-refractivity contribution in [1.82, 2.24) is 15.2 Å². The van der Waals surface area contributed by atoms with Gasteiger partial charge in [-0.15, -0.1) is 10.2 Å². The van der Waals surface area contributed by atoms with Gasteiger partial charge in [-0.1, -0.05) is 30.3 Å². The van der Waals surface area contributed by atoms with Gasteiger partial charge in [-0.25, -0.2) is 10.8 Å². The molecule has 0 amide bonds. The van der Waals surface area contributed by atoms with Crippen LogP contribution in [0.2, 0.25) is 0 Å². The van der Waals surface area contributed by atoms with E-state index in [0.717, 1.165) is 5.56 Å². The average molecular weight is 253 g/mol. The maximum absolute atomic E-state index is 5.50. The molecule has 1 aromatic carbocycles. The number of hydrogen-bond donors (Lipinski definition) is 2. The molecule has 2 heterocycles. The summed E-state index contributed by atoms with van der Waals surface area (Å²) in [6, 6.07) is 13.1. The zero-order valence-electron chi connectivity index (χ0n) is 9.95. The van der Waals surface area contributed by atoms with Gasteiger partial charge in [-0.3, -0.25) is 0 Å². The summed E-state index contributed by atoms with van der Waals surface area (Å²) in [6.07, 6.45) is 1.55. The fourth-order valence-corrected chi connectivity index (χ4v) is 1.73. The topological polar surface area (TPSA) is 89.9 Å². The van der Waals surface area contributed by atoms with E-state index in [9.17, 15) is 0 Å². The van der Waals surface area contributed by atoms with Gasteiger partial charge in [0, 0.05) is 5.56 Å². The highest BCUT2D eigenvalue weighted by Gasteiger charge is 2.12. The molecule has 0 saturated heterocycles. The van der Waals surface area contributed by atoms with Gasteiger partial charge in [0.1, 0.15) is 5.69 Å². The van der Waals surface area contributed by atoms with Crippen molar-refractivity contribution >= 4 is 5.82 Å². The third-order valence-electron chi connectivity index (χ3n) is 2.61. The number of nitrogens with one attached hydrogen (secondary N) is 1. The number of furan rings is 1. The second kappa shape index (κ2) is 4.87. The van der Waals surface area contributed by atoms with Crippen LogP contribution in [-0.4, -0.2) is 15.2 Å². The van der Waals surface area contributed by atoms with Crippen LogP contribution < -0.4 is 11.3 Å². The zero-order valence-corrected chi connectivity index (χ0v) is 9.95. The molecule has 0 saturated carbocycles. The standard InChI is InChI=1S/C13H11N5O/c14-16-13-11(9-5-2-1-3-6-9)17-18-12(15-13)10-7-4-8-19-10/h1-8H,14H2,(H,15,16,18). The lowest BCUT2D eigenvalue weighted by atomic mass is 10.1. The van der Waals surface area contributed by atoms with Crippen LogP contribution in [-0.2, 0) is 0 Å². The van der Waals surface area contributed by atoms with Crippen LogP contribution in [0.4, 0.5) is 5.82 Å². The van der Waals surface area contributed by atoms with Crippen LogP contribution in [0.5, 0.6) is 0 Å². The highest BCUT2D eigenvalue weighted by molar-refractivity contribution is 5.71. The minimum absolute atomic E-state index is 0.387. The molecule has 6 heteroatoms. The Labute approximate surface area is 109 Å². The van der Waals surface area contributed by atoms with Crippen molar-refractivity contribution in [2.75, 3.05) is 5.43 Å². The van der Waals surface area contributed by atoms with E-state index >= 15 is 0 Å². The maximum Gasteiger partial charge on any atom is 0.219 e. The van der Waals surface area contributed by atoms with Crippen LogP contribution in [0.1, 0.15) is 0 Å². The minimum Gasteiger partial charge on any atom is -0.461 e. The Bertz CT molecular complexity index is 667. The molecule has 0 bridgehead atoms. The van der Waals surface area contributed by atoms with E-state index in [1.807, 2.05) is 30.3 Å². The Morgan fingerprint density at radius 2 is 1.84 bits per heavy atom. The average Bonchev–Trinajstić information content (AvgIpc) is 3.02. The van der Waals surface area contributed by atoms with Crippen LogP contribution >= 0.6 is 0 Å². The van der Waals surface area contributed by atoms with Gasteiger partial charge < -0.3 is 9.84 Å². The number of nitrogens with two attached hydrogens (primary N) is 1. The molecule has 0 unspecified atom stereocenters. The molecule has 0 aliphatic heterocycles. The number of aromatic nitrogens is 3. The van der Waals surface area contributed by atoms with Gasteiger partial charge in [0.05, 0.1) is 6.26 Å². The Morgan fingerprint density at radius 1 is 1.00 bits per heavy atom. The lowest BCUT2D eigenvalue weighted by Gasteiger charge is -2.07. The number of anilines is 1. The zero-order chi connectivity index (χ0) is 13.1. The molecule has 0 spiro atoms. The Balaban J connectivity index is 2.08. The van der Waals surface area contributed by atoms with Crippen LogP contribution in [0.25, 0.3) is 22.8 Å². The smallest absolute Gasteiger partial charge is 0.219 e. The summed E-state index contributed by atoms with van der Waals surface area (Å²) in [5, 5.41) is 8.22. The molecular formula is C13H11N5O. The first-order chi connectivity index (χ1) is 9.38. The number of nitrogens with zero attached hydrogens (tertiary/aromatic N) is 3. The summed E-state index contributed by atoms with van der Waals surface area (Å²) >= 11 is 0. The van der Waals surface area contributed by atoms with Crippen LogP contribution in [0, 0.1) is 0 Å². The fourth-order valence-electron chi connectivity index (χ4n) is 1.73. The Kier molecular flexibility index (Phi) is 2.91. The first-order valence-electron chi connectivity index (χ1n) is 5.69. The van der Waals surface area contributed by atoms with Crippen molar-refractivity contribution in [3.63, 3.8) is 0 Å². The van der Waals surface area contributed by atoms with E-state index in [-0.39, 0.29) is 0 Å². The van der Waals surface area contributed by atoms with Crippen LogP contribution in [0.15, 0.2) is 53.1 Å². The molecule has 3 N–H and O–H groups in total. The third-order valence-corrected chi connectivity index (χ3v) is 2.61. The normalized spacial score (nSPS) is 10.4. The van der Waals surface area contributed by atoms with E-state index in [1.165, 1.54) is 0 Å². The summed E-state index contributed by atoms with van der Waals surface area (Å²) in [5.74, 6) is 6.88. The molecule has 3 rings (SSSR count). The summed E-state index contributed by atoms with van der Waals surface area (Å²) in [4.78, 5) is 4.31. The first-order valence-corrected chi connectivity index (χ1v) is 5.69. The second-order valence-electron chi connectivity index (χ2n) is 3.82. The minimum atomic E-state index is 0.387. The lowest BCUT2D eigenvalue weighted by Crippen LogP contribution is -2.12. The van der Waals surface area contributed by atoms with Gasteiger partial charge in [-0.2, -0.15) is 0 Å². The first kappa shape index (κ1) is 11.4. The van der Waals surface area contributed by atoms with Gasteiger partial charge in [0.25, 0.3) is 0 Å². The molecule has 94 valence electrons. The molecule has 2 aromatic heterocycles. The van der Waals surface area contributed by atoms with Gasteiger partial charge in [-0.05, 0) is 12.1 Å². The lowest BCUT2D eigenvalue weighted by molar-refractivity contribution is 0.576. The summed E-state index contributed by atoms with van der Waals surface area (Å²) < 4.78 is 5.23.